The van der Waals surface area contributed by atoms with Gasteiger partial charge in [-0.15, -0.1) is 0 Å². The monoisotopic (exact) mass is 432 g/mol. The summed E-state index contributed by atoms with van der Waals surface area (Å²) in [7, 11) is 0. The Balaban J connectivity index is 0.00000192. The molecule has 4 amide bonds. The van der Waals surface area contributed by atoms with Gasteiger partial charge in [0.25, 0.3) is 0 Å². The van der Waals surface area contributed by atoms with Crippen molar-refractivity contribution in [1.82, 2.24) is 26.1 Å². The predicted molar refractivity (Wildman–Crippen MR) is 101 cm³/mol. The number of rotatable bonds is 10. The van der Waals surface area contributed by atoms with Gasteiger partial charge in [-0.25, -0.2) is 9.59 Å². The highest BCUT2D eigenvalue weighted by Gasteiger charge is 2.25. The molecule has 8 N–H and O–H groups in total. The van der Waals surface area contributed by atoms with Crippen LogP contribution in [0.2, 0.25) is 0 Å². The minimum absolute atomic E-state index is 0.0118. The Morgan fingerprint density at radius 1 is 1.23 bits per heavy atom. The Bertz CT molecular complexity index is 704. The van der Waals surface area contributed by atoms with Crippen molar-refractivity contribution in [2.24, 2.45) is 5.73 Å². The summed E-state index contributed by atoms with van der Waals surface area (Å²) in [6.07, 6.45) is -0.355. The molecule has 170 valence electrons. The molecule has 0 saturated heterocycles. The smallest absolute Gasteiger partial charge is 0.328 e. The molecule has 0 saturated carbocycles. The standard InChI is InChI=1S/C14H23N5O7.C2H5NO/c1-3-4-9(22)16-8(6-20)12-17-10(26-19-12)5-15-14(25)18-11(7(2)21)13(23)24;1-2(3)4/h7-8,11,20-21H,3-6H2,1-2H3,(H,16,22)(H,23,24)(H2,15,18,25);1H3,(H2,3,4). The van der Waals surface area contributed by atoms with Crippen LogP contribution < -0.4 is 21.7 Å². The highest BCUT2D eigenvalue weighted by Crippen LogP contribution is 2.09. The number of carboxylic acids is 1. The average Bonchev–Trinajstić information content (AvgIpc) is 3.10. The number of hydrogen-bond acceptors (Lipinski definition) is 9. The molecule has 0 radical (unpaired) electrons. The van der Waals surface area contributed by atoms with E-state index < -0.39 is 36.8 Å². The van der Waals surface area contributed by atoms with Gasteiger partial charge in [-0.05, 0) is 13.3 Å². The molecule has 0 aliphatic carbocycles. The summed E-state index contributed by atoms with van der Waals surface area (Å²) in [5, 5.41) is 38.1. The molecule has 3 unspecified atom stereocenters. The number of carbonyl (C=O) groups excluding carboxylic acids is 3. The zero-order chi connectivity index (χ0) is 23.3. The summed E-state index contributed by atoms with van der Waals surface area (Å²) in [6, 6.07) is -3.17. The van der Waals surface area contributed by atoms with E-state index in [1.807, 2.05) is 6.92 Å². The molecular formula is C16H28N6O8. The van der Waals surface area contributed by atoms with E-state index in [2.05, 4.69) is 31.8 Å². The Hall–Kier alpha value is -3.26. The number of nitrogens with zero attached hydrogens (tertiary/aromatic N) is 2. The molecule has 14 heteroatoms. The lowest BCUT2D eigenvalue weighted by molar-refractivity contribution is -0.141. The lowest BCUT2D eigenvalue weighted by atomic mass is 10.2. The molecule has 3 atom stereocenters. The fraction of sp³-hybridized carbons (Fsp3) is 0.625. The number of urea groups is 1. The molecule has 0 aromatic carbocycles. The number of carbonyl (C=O) groups is 4. The van der Waals surface area contributed by atoms with E-state index in [-0.39, 0.29) is 36.5 Å². The van der Waals surface area contributed by atoms with E-state index in [1.165, 1.54) is 13.8 Å². The van der Waals surface area contributed by atoms with Crippen LogP contribution in [0, 0.1) is 0 Å². The first-order chi connectivity index (χ1) is 14.0. The van der Waals surface area contributed by atoms with Gasteiger partial charge in [0.15, 0.2) is 11.9 Å². The van der Waals surface area contributed by atoms with Gasteiger partial charge in [0.05, 0.1) is 19.3 Å². The van der Waals surface area contributed by atoms with Crippen molar-refractivity contribution in [3.63, 3.8) is 0 Å². The number of aliphatic hydroxyl groups excluding tert-OH is 2. The van der Waals surface area contributed by atoms with Crippen LogP contribution in [0.15, 0.2) is 4.52 Å². The third-order valence-electron chi connectivity index (χ3n) is 3.23. The lowest BCUT2D eigenvalue weighted by Gasteiger charge is -2.16. The maximum absolute atomic E-state index is 11.7. The van der Waals surface area contributed by atoms with Crippen molar-refractivity contribution in [3.8, 4) is 0 Å². The predicted octanol–water partition coefficient (Wildman–Crippen LogP) is -1.86. The largest absolute Gasteiger partial charge is 0.480 e. The third kappa shape index (κ3) is 10.9. The van der Waals surface area contributed by atoms with Crippen LogP contribution in [-0.2, 0) is 20.9 Å². The molecule has 1 aromatic rings. The van der Waals surface area contributed by atoms with Gasteiger partial charge in [0.1, 0.15) is 6.04 Å². The second kappa shape index (κ2) is 13.8. The average molecular weight is 432 g/mol. The first kappa shape index (κ1) is 26.7. The van der Waals surface area contributed by atoms with Crippen LogP contribution in [0.1, 0.15) is 51.4 Å². The van der Waals surface area contributed by atoms with E-state index in [0.29, 0.717) is 6.42 Å². The number of amides is 4. The van der Waals surface area contributed by atoms with Crippen molar-refractivity contribution in [2.75, 3.05) is 6.61 Å². The normalized spacial score (nSPS) is 13.1. The van der Waals surface area contributed by atoms with Gasteiger partial charge >= 0.3 is 12.0 Å². The van der Waals surface area contributed by atoms with E-state index in [0.717, 1.165) is 0 Å². The van der Waals surface area contributed by atoms with E-state index in [9.17, 15) is 29.4 Å². The summed E-state index contributed by atoms with van der Waals surface area (Å²) in [4.78, 5) is 47.3. The van der Waals surface area contributed by atoms with Crippen molar-refractivity contribution < 1.29 is 39.0 Å². The molecule has 0 aliphatic rings. The van der Waals surface area contributed by atoms with E-state index >= 15 is 0 Å². The van der Waals surface area contributed by atoms with Crippen molar-refractivity contribution in [3.05, 3.63) is 11.7 Å². The lowest BCUT2D eigenvalue weighted by Crippen LogP contribution is -2.51. The first-order valence-corrected chi connectivity index (χ1v) is 8.95. The Kier molecular flexibility index (Phi) is 12.3. The minimum atomic E-state index is -1.47. The highest BCUT2D eigenvalue weighted by atomic mass is 16.5. The summed E-state index contributed by atoms with van der Waals surface area (Å²) in [5.74, 6) is -1.96. The maximum atomic E-state index is 11.7. The number of carboxylic acid groups (broad SMARTS) is 1. The second-order valence-corrected chi connectivity index (χ2v) is 6.09. The summed E-state index contributed by atoms with van der Waals surface area (Å²) in [6.45, 7) is 3.72. The van der Waals surface area contributed by atoms with Crippen LogP contribution in [0.3, 0.4) is 0 Å². The van der Waals surface area contributed by atoms with Crippen LogP contribution in [0.25, 0.3) is 0 Å². The van der Waals surface area contributed by atoms with Crippen molar-refractivity contribution in [2.45, 2.75) is 58.3 Å². The van der Waals surface area contributed by atoms with Crippen LogP contribution in [0.5, 0.6) is 0 Å². The Morgan fingerprint density at radius 2 is 1.83 bits per heavy atom. The fourth-order valence-corrected chi connectivity index (χ4v) is 1.90. The molecule has 0 bridgehead atoms. The quantitative estimate of drug-likeness (QED) is 0.218. The zero-order valence-electron chi connectivity index (χ0n) is 16.9. The third-order valence-corrected chi connectivity index (χ3v) is 3.23. The Labute approximate surface area is 172 Å². The Morgan fingerprint density at radius 3 is 2.30 bits per heavy atom. The number of nitrogens with one attached hydrogen (secondary N) is 3. The van der Waals surface area contributed by atoms with Gasteiger partial charge in [-0.2, -0.15) is 4.98 Å². The van der Waals surface area contributed by atoms with Crippen molar-refractivity contribution in [1.29, 1.82) is 0 Å². The van der Waals surface area contributed by atoms with Gasteiger partial charge in [0.2, 0.25) is 17.7 Å². The molecule has 14 nitrogen and oxygen atoms in total. The van der Waals surface area contributed by atoms with Gasteiger partial charge in [0, 0.05) is 13.3 Å². The minimum Gasteiger partial charge on any atom is -0.480 e. The van der Waals surface area contributed by atoms with Crippen LogP contribution in [-0.4, -0.2) is 68.0 Å². The fourth-order valence-electron chi connectivity index (χ4n) is 1.90. The number of aromatic nitrogens is 2. The molecule has 0 spiro atoms. The SMILES string of the molecule is CC(N)=O.CCCC(=O)NC(CO)c1noc(CNC(=O)NC(C(=O)O)C(C)O)n1. The number of nitrogens with two attached hydrogens (primary N) is 1. The molecule has 0 fully saturated rings. The summed E-state index contributed by atoms with van der Waals surface area (Å²) in [5.41, 5.74) is 4.47. The molecule has 1 aromatic heterocycles. The van der Waals surface area contributed by atoms with Gasteiger partial charge < -0.3 is 41.5 Å². The highest BCUT2D eigenvalue weighted by molar-refractivity contribution is 5.82. The van der Waals surface area contributed by atoms with Gasteiger partial charge in [-0.3, -0.25) is 9.59 Å². The zero-order valence-corrected chi connectivity index (χ0v) is 16.9. The number of aliphatic carboxylic acids is 1. The number of hydrogen-bond donors (Lipinski definition) is 7. The number of aliphatic hydroxyl groups is 2. The number of primary amides is 1. The molecular weight excluding hydrogens is 404 g/mol. The topological polar surface area (TPSA) is 230 Å². The summed E-state index contributed by atoms with van der Waals surface area (Å²) >= 11 is 0. The molecule has 1 heterocycles. The second-order valence-electron chi connectivity index (χ2n) is 6.09. The molecule has 30 heavy (non-hydrogen) atoms. The first-order valence-electron chi connectivity index (χ1n) is 8.95. The van der Waals surface area contributed by atoms with Gasteiger partial charge in [-0.1, -0.05) is 12.1 Å². The molecule has 1 rings (SSSR count). The van der Waals surface area contributed by atoms with Crippen LogP contribution >= 0.6 is 0 Å². The van der Waals surface area contributed by atoms with E-state index in [1.54, 1.807) is 0 Å². The molecule has 0 aliphatic heterocycles. The maximum Gasteiger partial charge on any atom is 0.328 e. The van der Waals surface area contributed by atoms with Crippen LogP contribution in [0.4, 0.5) is 4.79 Å². The summed E-state index contributed by atoms with van der Waals surface area (Å²) < 4.78 is 4.91. The van der Waals surface area contributed by atoms with Crippen molar-refractivity contribution >= 4 is 23.8 Å². The van der Waals surface area contributed by atoms with E-state index in [4.69, 9.17) is 9.63 Å².